The van der Waals surface area contributed by atoms with Crippen LogP contribution in [0.25, 0.3) is 17.3 Å². The summed E-state index contributed by atoms with van der Waals surface area (Å²) in [6.07, 6.45) is 1.64. The quantitative estimate of drug-likeness (QED) is 0.573. The third-order valence-corrected chi connectivity index (χ3v) is 7.32. The van der Waals surface area contributed by atoms with Crippen LogP contribution in [-0.4, -0.2) is 55.9 Å². The zero-order chi connectivity index (χ0) is 22.8. The first-order valence-electron chi connectivity index (χ1n) is 10.7. The number of rotatable bonds is 5. The van der Waals surface area contributed by atoms with Crippen molar-refractivity contribution in [3.63, 3.8) is 0 Å². The highest BCUT2D eigenvalue weighted by atomic mass is 32.2. The summed E-state index contributed by atoms with van der Waals surface area (Å²) in [6.45, 7) is 4.12. The van der Waals surface area contributed by atoms with Crippen molar-refractivity contribution in [3.8, 4) is 22.8 Å². The molecule has 170 valence electrons. The van der Waals surface area contributed by atoms with E-state index in [0.717, 1.165) is 34.0 Å². The van der Waals surface area contributed by atoms with Crippen molar-refractivity contribution in [1.82, 2.24) is 14.5 Å². The van der Waals surface area contributed by atoms with Crippen molar-refractivity contribution >= 4 is 21.9 Å². The minimum absolute atomic E-state index is 0.229. The van der Waals surface area contributed by atoms with Crippen LogP contribution in [-0.2, 0) is 10.0 Å². The number of aryl methyl sites for hydroxylation is 1. The Morgan fingerprint density at radius 1 is 0.879 bits per heavy atom. The van der Waals surface area contributed by atoms with Crippen molar-refractivity contribution in [2.45, 2.75) is 6.92 Å². The van der Waals surface area contributed by atoms with Gasteiger partial charge in [0.25, 0.3) is 0 Å². The van der Waals surface area contributed by atoms with Gasteiger partial charge in [0.2, 0.25) is 16.8 Å². The fourth-order valence-corrected chi connectivity index (χ4v) is 4.98. The Bertz CT molecular complexity index is 1270. The summed E-state index contributed by atoms with van der Waals surface area (Å²) in [7, 11) is -3.48. The minimum Gasteiger partial charge on any atom is -0.454 e. The molecule has 8 nitrogen and oxygen atoms in total. The van der Waals surface area contributed by atoms with Crippen molar-refractivity contribution in [2.75, 3.05) is 37.9 Å². The Balaban J connectivity index is 1.21. The van der Waals surface area contributed by atoms with Crippen LogP contribution in [0.15, 0.2) is 60.0 Å². The molecule has 33 heavy (non-hydrogen) atoms. The Kier molecular flexibility index (Phi) is 5.74. The third kappa shape index (κ3) is 4.69. The normalized spacial score (nSPS) is 16.5. The second kappa shape index (κ2) is 8.84. The summed E-state index contributed by atoms with van der Waals surface area (Å²) >= 11 is 0. The van der Waals surface area contributed by atoms with Crippen LogP contribution in [0, 0.1) is 6.92 Å². The van der Waals surface area contributed by atoms with Crippen LogP contribution in [0.3, 0.4) is 0 Å². The molecule has 2 aliphatic rings. The van der Waals surface area contributed by atoms with Gasteiger partial charge in [-0.1, -0.05) is 29.8 Å². The van der Waals surface area contributed by atoms with Gasteiger partial charge in [0.15, 0.2) is 17.3 Å². The number of hydrogen-bond acceptors (Lipinski definition) is 7. The zero-order valence-corrected chi connectivity index (χ0v) is 19.0. The molecule has 9 heteroatoms. The number of hydrogen-bond donors (Lipinski definition) is 0. The summed E-state index contributed by atoms with van der Waals surface area (Å²) < 4.78 is 37.7. The monoisotopic (exact) mass is 464 g/mol. The molecule has 0 unspecified atom stereocenters. The first kappa shape index (κ1) is 21.4. The number of fused-ring (bicyclic) bond motifs is 1. The molecule has 2 aromatic carbocycles. The molecular formula is C24H24N4O4S. The molecule has 1 saturated heterocycles. The average molecular weight is 465 g/mol. The molecule has 1 aromatic heterocycles. The molecule has 0 radical (unpaired) electrons. The number of anilines is 1. The maximum atomic E-state index is 12.7. The summed E-state index contributed by atoms with van der Waals surface area (Å²) in [4.78, 5) is 2.05. The molecule has 0 aliphatic carbocycles. The Hall–Kier alpha value is -3.43. The van der Waals surface area contributed by atoms with E-state index < -0.39 is 10.0 Å². The van der Waals surface area contributed by atoms with E-state index in [1.54, 1.807) is 6.08 Å². The van der Waals surface area contributed by atoms with Crippen molar-refractivity contribution in [2.24, 2.45) is 0 Å². The highest BCUT2D eigenvalue weighted by Gasteiger charge is 2.26. The standard InChI is InChI=1S/C24H24N4O4S/c1-18-2-4-19(5-3-18)10-15-33(29,30)28-13-11-27(12-14-28)24-9-7-21(25-26-24)20-6-8-22-23(16-20)32-17-31-22/h2-10,15-16H,11-14,17H2,1H3/b15-10-. The number of ether oxygens (including phenoxy) is 2. The number of benzene rings is 2. The lowest BCUT2D eigenvalue weighted by molar-refractivity contribution is 0.174. The Morgan fingerprint density at radius 3 is 2.36 bits per heavy atom. The molecular weight excluding hydrogens is 440 g/mol. The van der Waals surface area contributed by atoms with Gasteiger partial charge in [0.1, 0.15) is 0 Å². The van der Waals surface area contributed by atoms with Gasteiger partial charge < -0.3 is 14.4 Å². The van der Waals surface area contributed by atoms with Crippen LogP contribution in [0.4, 0.5) is 5.82 Å². The molecule has 0 N–H and O–H groups in total. The predicted octanol–water partition coefficient (Wildman–Crippen LogP) is 3.30. The van der Waals surface area contributed by atoms with E-state index in [4.69, 9.17) is 9.47 Å². The minimum atomic E-state index is -3.48. The first-order chi connectivity index (χ1) is 16.0. The predicted molar refractivity (Wildman–Crippen MR) is 127 cm³/mol. The Morgan fingerprint density at radius 2 is 1.64 bits per heavy atom. The molecule has 3 aromatic rings. The lowest BCUT2D eigenvalue weighted by Gasteiger charge is -2.33. The summed E-state index contributed by atoms with van der Waals surface area (Å²) in [5.74, 6) is 2.16. The third-order valence-electron chi connectivity index (χ3n) is 5.75. The maximum Gasteiger partial charge on any atom is 0.236 e. The van der Waals surface area contributed by atoms with Crippen LogP contribution in [0.1, 0.15) is 11.1 Å². The molecule has 0 amide bonds. The molecule has 2 aliphatic heterocycles. The number of aromatic nitrogens is 2. The maximum absolute atomic E-state index is 12.7. The van der Waals surface area contributed by atoms with Gasteiger partial charge in [0.05, 0.1) is 5.69 Å². The van der Waals surface area contributed by atoms with Crippen molar-refractivity contribution in [3.05, 3.63) is 71.1 Å². The van der Waals surface area contributed by atoms with E-state index in [1.165, 1.54) is 9.71 Å². The molecule has 5 rings (SSSR count). The SMILES string of the molecule is Cc1ccc(/C=C\S(=O)(=O)N2CCN(c3ccc(-c4ccc5c(c4)OCO5)nn3)CC2)cc1. The van der Waals surface area contributed by atoms with Gasteiger partial charge in [-0.2, -0.15) is 4.31 Å². The van der Waals surface area contributed by atoms with E-state index in [1.807, 2.05) is 66.4 Å². The molecule has 0 bridgehead atoms. The fourth-order valence-electron chi connectivity index (χ4n) is 3.80. The van der Waals surface area contributed by atoms with Gasteiger partial charge >= 0.3 is 0 Å². The van der Waals surface area contributed by atoms with Gasteiger partial charge in [-0.15, -0.1) is 10.2 Å². The topological polar surface area (TPSA) is 84.9 Å². The van der Waals surface area contributed by atoms with Crippen LogP contribution in [0.2, 0.25) is 0 Å². The lowest BCUT2D eigenvalue weighted by Crippen LogP contribution is -2.48. The number of piperazine rings is 1. The zero-order valence-electron chi connectivity index (χ0n) is 18.2. The van der Waals surface area contributed by atoms with E-state index in [9.17, 15) is 8.42 Å². The van der Waals surface area contributed by atoms with E-state index in [-0.39, 0.29) is 6.79 Å². The molecule has 0 atom stereocenters. The van der Waals surface area contributed by atoms with E-state index in [0.29, 0.717) is 31.9 Å². The van der Waals surface area contributed by atoms with Crippen molar-refractivity contribution in [1.29, 1.82) is 0 Å². The fraction of sp³-hybridized carbons (Fsp3) is 0.250. The largest absolute Gasteiger partial charge is 0.454 e. The highest BCUT2D eigenvalue weighted by molar-refractivity contribution is 7.92. The Labute approximate surface area is 193 Å². The van der Waals surface area contributed by atoms with Gasteiger partial charge in [-0.3, -0.25) is 0 Å². The van der Waals surface area contributed by atoms with Gasteiger partial charge in [-0.25, -0.2) is 8.42 Å². The molecule has 0 spiro atoms. The van der Waals surface area contributed by atoms with Crippen LogP contribution < -0.4 is 14.4 Å². The van der Waals surface area contributed by atoms with Gasteiger partial charge in [0, 0.05) is 37.2 Å². The van der Waals surface area contributed by atoms with Gasteiger partial charge in [-0.05, 0) is 48.9 Å². The van der Waals surface area contributed by atoms with E-state index in [2.05, 4.69) is 10.2 Å². The number of nitrogens with zero attached hydrogens (tertiary/aromatic N) is 4. The van der Waals surface area contributed by atoms with Crippen molar-refractivity contribution < 1.29 is 17.9 Å². The average Bonchev–Trinajstić information content (AvgIpc) is 3.32. The second-order valence-electron chi connectivity index (χ2n) is 7.99. The lowest BCUT2D eigenvalue weighted by atomic mass is 10.1. The van der Waals surface area contributed by atoms with Crippen LogP contribution in [0.5, 0.6) is 11.5 Å². The number of sulfonamides is 1. The molecule has 0 saturated carbocycles. The molecule has 1 fully saturated rings. The van der Waals surface area contributed by atoms with E-state index >= 15 is 0 Å². The summed E-state index contributed by atoms with van der Waals surface area (Å²) in [6, 6.07) is 17.2. The second-order valence-corrected chi connectivity index (χ2v) is 9.81. The summed E-state index contributed by atoms with van der Waals surface area (Å²) in [5, 5.41) is 10.0. The van der Waals surface area contributed by atoms with Crippen LogP contribution >= 0.6 is 0 Å². The highest BCUT2D eigenvalue weighted by Crippen LogP contribution is 2.35. The first-order valence-corrected chi connectivity index (χ1v) is 12.2. The molecule has 3 heterocycles. The summed E-state index contributed by atoms with van der Waals surface area (Å²) in [5.41, 5.74) is 3.63. The smallest absolute Gasteiger partial charge is 0.236 e.